The van der Waals surface area contributed by atoms with Crippen LogP contribution >= 0.6 is 23.2 Å². The maximum absolute atomic E-state index is 14.8. The molecule has 172 valence electrons. The lowest BCUT2D eigenvalue weighted by Gasteiger charge is -2.13. The number of carboxylic acid groups (broad SMARTS) is 1. The fourth-order valence-electron chi connectivity index (χ4n) is 3.03. The van der Waals surface area contributed by atoms with Gasteiger partial charge in [0.25, 0.3) is 17.8 Å². The van der Waals surface area contributed by atoms with Crippen molar-refractivity contribution in [2.45, 2.75) is 6.30 Å². The van der Waals surface area contributed by atoms with Gasteiger partial charge in [-0.1, -0.05) is 28.4 Å². The van der Waals surface area contributed by atoms with Crippen molar-refractivity contribution < 1.29 is 19.1 Å². The zero-order valence-electron chi connectivity index (χ0n) is 16.9. The molecule has 10 nitrogen and oxygen atoms in total. The van der Waals surface area contributed by atoms with Gasteiger partial charge in [-0.05, 0) is 42.5 Å². The number of carbonyl (C=O) groups is 2. The number of nitrogens with one attached hydrogen (secondary N) is 1. The second-order valence-electron chi connectivity index (χ2n) is 6.87. The van der Waals surface area contributed by atoms with Crippen LogP contribution in [0.25, 0.3) is 16.9 Å². The number of rotatable bonds is 6. The second kappa shape index (κ2) is 9.41. The third kappa shape index (κ3) is 4.80. The molecule has 2 aromatic carbocycles. The van der Waals surface area contributed by atoms with Gasteiger partial charge in [0.15, 0.2) is 5.15 Å². The first kappa shape index (κ1) is 23.1. The molecule has 0 bridgehead atoms. The van der Waals surface area contributed by atoms with Crippen LogP contribution in [0.5, 0.6) is 0 Å². The molecular weight excluding hydrogens is 490 g/mol. The summed E-state index contributed by atoms with van der Waals surface area (Å²) in [5.41, 5.74) is 0.341. The summed E-state index contributed by atoms with van der Waals surface area (Å²) >= 11 is 11.9. The van der Waals surface area contributed by atoms with Crippen LogP contribution in [0.15, 0.2) is 65.8 Å². The third-order valence-electron chi connectivity index (χ3n) is 4.64. The Morgan fingerprint density at radius 1 is 1.09 bits per heavy atom. The number of hydrogen-bond donors (Lipinski definition) is 2. The van der Waals surface area contributed by atoms with Gasteiger partial charge in [0.05, 0.1) is 23.1 Å². The Kier molecular flexibility index (Phi) is 6.39. The van der Waals surface area contributed by atoms with Gasteiger partial charge in [-0.25, -0.2) is 18.9 Å². The lowest BCUT2D eigenvalue weighted by Crippen LogP contribution is -2.30. The molecule has 34 heavy (non-hydrogen) atoms. The molecule has 2 N–H and O–H groups in total. The smallest absolute Gasteiger partial charge is 0.335 e. The number of aromatic nitrogens is 5. The van der Waals surface area contributed by atoms with Gasteiger partial charge in [-0.15, -0.1) is 5.10 Å². The minimum atomic E-state index is -2.39. The highest BCUT2D eigenvalue weighted by molar-refractivity contribution is 6.31. The van der Waals surface area contributed by atoms with E-state index in [1.54, 1.807) is 18.2 Å². The quantitative estimate of drug-likeness (QED) is 0.411. The highest BCUT2D eigenvalue weighted by Crippen LogP contribution is 2.28. The zero-order chi connectivity index (χ0) is 24.4. The van der Waals surface area contributed by atoms with Crippen molar-refractivity contribution in [3.8, 4) is 16.9 Å². The molecule has 4 aromatic rings. The highest BCUT2D eigenvalue weighted by Gasteiger charge is 2.22. The van der Waals surface area contributed by atoms with Crippen LogP contribution in [-0.2, 0) is 4.79 Å². The predicted octanol–water partition coefficient (Wildman–Crippen LogP) is 3.60. The number of hydrogen-bond acceptors (Lipinski definition) is 6. The number of amides is 1. The molecule has 4 rings (SSSR count). The van der Waals surface area contributed by atoms with Crippen molar-refractivity contribution in [3.05, 3.63) is 87.1 Å². The normalized spacial score (nSPS) is 11.7. The third-order valence-corrected chi connectivity index (χ3v) is 5.05. The Morgan fingerprint density at radius 2 is 1.82 bits per heavy atom. The molecular formula is C21H13Cl2FN6O4. The van der Waals surface area contributed by atoms with Crippen LogP contribution in [0.4, 0.5) is 10.1 Å². The number of carboxylic acids is 1. The molecule has 0 aliphatic heterocycles. The molecule has 1 amide bonds. The van der Waals surface area contributed by atoms with Crippen LogP contribution in [-0.4, -0.2) is 41.5 Å². The van der Waals surface area contributed by atoms with Crippen LogP contribution in [0.3, 0.4) is 0 Å². The minimum Gasteiger partial charge on any atom is -0.478 e. The average Bonchev–Trinajstić information content (AvgIpc) is 3.24. The Balaban J connectivity index is 1.60. The van der Waals surface area contributed by atoms with Crippen LogP contribution in [0.2, 0.25) is 10.2 Å². The van der Waals surface area contributed by atoms with E-state index < -0.39 is 23.7 Å². The summed E-state index contributed by atoms with van der Waals surface area (Å²) < 4.78 is 16.7. The molecule has 2 aromatic heterocycles. The number of aromatic carboxylic acids is 1. The van der Waals surface area contributed by atoms with Gasteiger partial charge in [-0.3, -0.25) is 14.2 Å². The van der Waals surface area contributed by atoms with Crippen LogP contribution < -0.4 is 10.9 Å². The largest absolute Gasteiger partial charge is 0.478 e. The SMILES string of the molecule is O=C(O)c1ccc(NC(=O)C(F)n2cnc(-c3cc(Cl)ccc3-n3cc(Cl)nn3)cc2=O)cc1. The topological polar surface area (TPSA) is 132 Å². The van der Waals surface area contributed by atoms with E-state index in [9.17, 15) is 18.8 Å². The van der Waals surface area contributed by atoms with Crippen molar-refractivity contribution >= 4 is 40.8 Å². The molecule has 0 radical (unpaired) electrons. The molecule has 1 unspecified atom stereocenters. The van der Waals surface area contributed by atoms with E-state index in [0.29, 0.717) is 20.8 Å². The zero-order valence-corrected chi connectivity index (χ0v) is 18.4. The second-order valence-corrected chi connectivity index (χ2v) is 7.70. The van der Waals surface area contributed by atoms with Gasteiger partial charge < -0.3 is 10.4 Å². The maximum Gasteiger partial charge on any atom is 0.335 e. The average molecular weight is 503 g/mol. The molecule has 13 heteroatoms. The first-order valence-electron chi connectivity index (χ1n) is 9.47. The molecule has 0 fully saturated rings. The Morgan fingerprint density at radius 3 is 2.44 bits per heavy atom. The number of benzene rings is 2. The summed E-state index contributed by atoms with van der Waals surface area (Å²) in [7, 11) is 0. The monoisotopic (exact) mass is 502 g/mol. The van der Waals surface area contributed by atoms with E-state index in [1.807, 2.05) is 0 Å². The molecule has 0 spiro atoms. The van der Waals surface area contributed by atoms with E-state index in [2.05, 4.69) is 20.6 Å². The number of anilines is 1. The fraction of sp³-hybridized carbons (Fsp3) is 0.0476. The van der Waals surface area contributed by atoms with Gasteiger partial charge >= 0.3 is 5.97 Å². The Hall–Kier alpha value is -4.09. The Bertz CT molecular complexity index is 1450. The lowest BCUT2D eigenvalue weighted by atomic mass is 10.1. The summed E-state index contributed by atoms with van der Waals surface area (Å²) in [6.07, 6.45) is -0.0457. The molecule has 0 saturated heterocycles. The highest BCUT2D eigenvalue weighted by atomic mass is 35.5. The molecule has 2 heterocycles. The van der Waals surface area contributed by atoms with E-state index in [1.165, 1.54) is 35.1 Å². The number of alkyl halides is 1. The van der Waals surface area contributed by atoms with Crippen molar-refractivity contribution in [2.24, 2.45) is 0 Å². The number of halogens is 3. The molecule has 0 aliphatic rings. The number of carbonyl (C=O) groups excluding carboxylic acids is 1. The van der Waals surface area contributed by atoms with E-state index in [0.717, 1.165) is 12.4 Å². The summed E-state index contributed by atoms with van der Waals surface area (Å²) in [4.78, 5) is 39.9. The predicted molar refractivity (Wildman–Crippen MR) is 121 cm³/mol. The summed E-state index contributed by atoms with van der Waals surface area (Å²) in [6, 6.07) is 10.9. The molecule has 0 saturated carbocycles. The van der Waals surface area contributed by atoms with Crippen molar-refractivity contribution in [1.82, 2.24) is 24.5 Å². The molecule has 0 aliphatic carbocycles. The van der Waals surface area contributed by atoms with Crippen molar-refractivity contribution in [1.29, 1.82) is 0 Å². The first-order chi connectivity index (χ1) is 16.2. The van der Waals surface area contributed by atoms with E-state index >= 15 is 0 Å². The van der Waals surface area contributed by atoms with Crippen LogP contribution in [0.1, 0.15) is 16.7 Å². The van der Waals surface area contributed by atoms with Gasteiger partial charge in [0.1, 0.15) is 6.33 Å². The number of nitrogens with zero attached hydrogens (tertiary/aromatic N) is 5. The summed E-state index contributed by atoms with van der Waals surface area (Å²) in [5.74, 6) is -2.28. The molecule has 1 atom stereocenters. The van der Waals surface area contributed by atoms with Crippen LogP contribution in [0, 0.1) is 0 Å². The standard InChI is InChI=1S/C21H13Cl2FN6O4/c22-12-3-6-16(30-9-17(23)27-28-30)14(7-12)15-8-18(31)29(10-25-15)19(24)20(32)26-13-4-1-11(2-5-13)21(33)34/h1-10,19H,(H,26,32)(H,33,34). The van der Waals surface area contributed by atoms with E-state index in [4.69, 9.17) is 28.3 Å². The van der Waals surface area contributed by atoms with Crippen molar-refractivity contribution in [2.75, 3.05) is 5.32 Å². The summed E-state index contributed by atoms with van der Waals surface area (Å²) in [5, 5.41) is 19.3. The maximum atomic E-state index is 14.8. The van der Waals surface area contributed by atoms with Crippen molar-refractivity contribution in [3.63, 3.8) is 0 Å². The minimum absolute atomic E-state index is 0.000598. The Labute approximate surface area is 200 Å². The fourth-order valence-corrected chi connectivity index (χ4v) is 3.32. The van der Waals surface area contributed by atoms with Gasteiger partial charge in [0.2, 0.25) is 0 Å². The van der Waals surface area contributed by atoms with Gasteiger partial charge in [0, 0.05) is 22.3 Å². The van der Waals surface area contributed by atoms with Gasteiger partial charge in [-0.2, -0.15) is 0 Å². The van der Waals surface area contributed by atoms with E-state index in [-0.39, 0.29) is 22.1 Å². The lowest BCUT2D eigenvalue weighted by molar-refractivity contribution is -0.123. The summed E-state index contributed by atoms with van der Waals surface area (Å²) in [6.45, 7) is 0. The first-order valence-corrected chi connectivity index (χ1v) is 10.2.